The Balaban J connectivity index is 1.61. The molecule has 30 heavy (non-hydrogen) atoms. The third-order valence-corrected chi connectivity index (χ3v) is 5.41. The van der Waals surface area contributed by atoms with Crippen molar-refractivity contribution in [1.29, 1.82) is 0 Å². The van der Waals surface area contributed by atoms with Gasteiger partial charge in [0, 0.05) is 24.8 Å². The second-order valence-corrected chi connectivity index (χ2v) is 7.26. The average molecular weight is 394 g/mol. The summed E-state index contributed by atoms with van der Waals surface area (Å²) in [5, 5.41) is 7.63. The van der Waals surface area contributed by atoms with Gasteiger partial charge in [0.2, 0.25) is 0 Å². The number of nitrogens with zero attached hydrogens (tertiary/aromatic N) is 4. The van der Waals surface area contributed by atoms with Crippen LogP contribution in [0.15, 0.2) is 97.6 Å². The number of hydrogen-bond acceptors (Lipinski definition) is 6. The first kappa shape index (κ1) is 18.5. The Morgan fingerprint density at radius 2 is 0.667 bits per heavy atom. The number of aromatic nitrogens is 4. The zero-order valence-electron chi connectivity index (χ0n) is 16.3. The lowest BCUT2D eigenvalue weighted by molar-refractivity contribution is 0.200. The van der Waals surface area contributed by atoms with Crippen LogP contribution in [0.4, 0.5) is 0 Å². The number of pyridine rings is 4. The molecule has 0 amide bonds. The van der Waals surface area contributed by atoms with Gasteiger partial charge in [-0.25, -0.2) is 0 Å². The van der Waals surface area contributed by atoms with Crippen molar-refractivity contribution >= 4 is 0 Å². The molecule has 1 aliphatic heterocycles. The summed E-state index contributed by atoms with van der Waals surface area (Å²) in [7, 11) is 0. The molecule has 2 N–H and O–H groups in total. The first-order valence-corrected chi connectivity index (χ1v) is 10.1. The summed E-state index contributed by atoms with van der Waals surface area (Å²) in [6, 6.07) is 23.7. The monoisotopic (exact) mass is 394 g/mol. The van der Waals surface area contributed by atoms with E-state index in [1.54, 1.807) is 0 Å². The van der Waals surface area contributed by atoms with Crippen LogP contribution in [0.2, 0.25) is 0 Å². The highest BCUT2D eigenvalue weighted by Gasteiger charge is 2.41. The first-order chi connectivity index (χ1) is 14.9. The van der Waals surface area contributed by atoms with Crippen molar-refractivity contribution in [1.82, 2.24) is 30.6 Å². The van der Waals surface area contributed by atoms with Crippen LogP contribution in [0.1, 0.15) is 46.9 Å². The summed E-state index contributed by atoms with van der Waals surface area (Å²) in [5.74, 6) is 0. The van der Waals surface area contributed by atoms with Crippen molar-refractivity contribution in [3.8, 4) is 0 Å². The molecule has 0 aliphatic carbocycles. The molecule has 0 saturated carbocycles. The van der Waals surface area contributed by atoms with Crippen molar-refractivity contribution < 1.29 is 0 Å². The van der Waals surface area contributed by atoms with E-state index in [2.05, 4.69) is 30.6 Å². The van der Waals surface area contributed by atoms with Gasteiger partial charge in [0.25, 0.3) is 0 Å². The van der Waals surface area contributed by atoms with E-state index in [-0.39, 0.29) is 24.2 Å². The van der Waals surface area contributed by atoms with Gasteiger partial charge in [-0.15, -0.1) is 0 Å². The van der Waals surface area contributed by atoms with Gasteiger partial charge in [0.1, 0.15) is 0 Å². The minimum atomic E-state index is -0.0759. The summed E-state index contributed by atoms with van der Waals surface area (Å²) in [4.78, 5) is 18.6. The zero-order valence-corrected chi connectivity index (χ0v) is 16.3. The Labute approximate surface area is 175 Å². The van der Waals surface area contributed by atoms with E-state index in [1.807, 2.05) is 97.6 Å². The topological polar surface area (TPSA) is 75.6 Å². The number of piperazine rings is 1. The van der Waals surface area contributed by atoms with E-state index < -0.39 is 0 Å². The van der Waals surface area contributed by atoms with Crippen LogP contribution < -0.4 is 10.6 Å². The predicted octanol–water partition coefficient (Wildman–Crippen LogP) is 3.72. The molecule has 5 heterocycles. The molecular formula is C24H22N6. The molecule has 1 aliphatic rings. The van der Waals surface area contributed by atoms with Crippen molar-refractivity contribution in [2.75, 3.05) is 0 Å². The Hall–Kier alpha value is -3.48. The van der Waals surface area contributed by atoms with Gasteiger partial charge >= 0.3 is 0 Å². The van der Waals surface area contributed by atoms with Gasteiger partial charge in [0.15, 0.2) is 0 Å². The molecule has 6 nitrogen and oxygen atoms in total. The zero-order chi connectivity index (χ0) is 20.2. The molecule has 4 aromatic heterocycles. The van der Waals surface area contributed by atoms with Crippen molar-refractivity contribution in [2.45, 2.75) is 24.2 Å². The van der Waals surface area contributed by atoms with Crippen LogP contribution in [0.5, 0.6) is 0 Å². The molecule has 5 rings (SSSR count). The van der Waals surface area contributed by atoms with Gasteiger partial charge in [-0.3, -0.25) is 30.6 Å². The van der Waals surface area contributed by atoms with Crippen molar-refractivity contribution in [3.63, 3.8) is 0 Å². The van der Waals surface area contributed by atoms with Gasteiger partial charge in [-0.05, 0) is 48.5 Å². The van der Waals surface area contributed by atoms with Crippen LogP contribution in [0.3, 0.4) is 0 Å². The number of rotatable bonds is 4. The summed E-state index contributed by atoms with van der Waals surface area (Å²) >= 11 is 0. The molecule has 1 saturated heterocycles. The van der Waals surface area contributed by atoms with Crippen LogP contribution in [0, 0.1) is 0 Å². The molecule has 0 radical (unpaired) electrons. The molecule has 0 aromatic carbocycles. The van der Waals surface area contributed by atoms with Crippen molar-refractivity contribution in [3.05, 3.63) is 120 Å². The van der Waals surface area contributed by atoms with E-state index in [0.717, 1.165) is 22.8 Å². The molecule has 2 unspecified atom stereocenters. The summed E-state index contributed by atoms with van der Waals surface area (Å²) in [5.41, 5.74) is 3.84. The van der Waals surface area contributed by atoms with E-state index >= 15 is 0 Å². The second kappa shape index (κ2) is 8.49. The predicted molar refractivity (Wildman–Crippen MR) is 114 cm³/mol. The van der Waals surface area contributed by atoms with Crippen molar-refractivity contribution in [2.24, 2.45) is 0 Å². The molecule has 4 aromatic rings. The highest BCUT2D eigenvalue weighted by molar-refractivity contribution is 5.27. The highest BCUT2D eigenvalue weighted by Crippen LogP contribution is 2.40. The third kappa shape index (κ3) is 3.70. The standard InChI is InChI=1S/C24H22N6/c1-5-13-25-17(9-1)21-22(18-10-2-6-14-26-18)30-24(20-12-4-8-16-28-20)23(29-21)19-11-3-7-15-27-19/h1-16,21-24,29-30H/t21-,22?,23+,24?. The van der Waals surface area contributed by atoms with E-state index in [1.165, 1.54) is 0 Å². The van der Waals surface area contributed by atoms with E-state index in [4.69, 9.17) is 0 Å². The SMILES string of the molecule is c1ccc(C2NC(c3ccccn3)[C@H](c3ccccn3)N[C@@H]2c2ccccn2)nc1. The minimum Gasteiger partial charge on any atom is -0.297 e. The lowest BCUT2D eigenvalue weighted by atomic mass is 9.88. The summed E-state index contributed by atoms with van der Waals surface area (Å²) < 4.78 is 0. The molecule has 0 spiro atoms. The summed E-state index contributed by atoms with van der Waals surface area (Å²) in [6.07, 6.45) is 7.31. The van der Waals surface area contributed by atoms with Gasteiger partial charge in [-0.2, -0.15) is 0 Å². The maximum Gasteiger partial charge on any atom is 0.0714 e. The molecule has 1 fully saturated rings. The minimum absolute atomic E-state index is 0.0759. The molecule has 148 valence electrons. The maximum absolute atomic E-state index is 4.64. The Morgan fingerprint density at radius 1 is 0.400 bits per heavy atom. The fraction of sp³-hybridized carbons (Fsp3) is 0.167. The molecular weight excluding hydrogens is 372 g/mol. The Morgan fingerprint density at radius 3 is 0.867 bits per heavy atom. The number of nitrogens with one attached hydrogen (secondary N) is 2. The second-order valence-electron chi connectivity index (χ2n) is 7.26. The fourth-order valence-corrected chi connectivity index (χ4v) is 4.04. The van der Waals surface area contributed by atoms with E-state index in [0.29, 0.717) is 0 Å². The first-order valence-electron chi connectivity index (χ1n) is 10.1. The average Bonchev–Trinajstić information content (AvgIpc) is 2.85. The maximum atomic E-state index is 4.64. The quantitative estimate of drug-likeness (QED) is 0.549. The smallest absolute Gasteiger partial charge is 0.0714 e. The fourth-order valence-electron chi connectivity index (χ4n) is 4.04. The van der Waals surface area contributed by atoms with Gasteiger partial charge in [-0.1, -0.05) is 24.3 Å². The Kier molecular flexibility index (Phi) is 5.25. The molecule has 0 bridgehead atoms. The largest absolute Gasteiger partial charge is 0.297 e. The van der Waals surface area contributed by atoms with Crippen LogP contribution in [-0.4, -0.2) is 19.9 Å². The number of hydrogen-bond donors (Lipinski definition) is 2. The molecule has 4 atom stereocenters. The molecule has 6 heteroatoms. The van der Waals surface area contributed by atoms with E-state index in [9.17, 15) is 0 Å². The van der Waals surface area contributed by atoms with Gasteiger partial charge in [0.05, 0.1) is 46.9 Å². The highest BCUT2D eigenvalue weighted by atomic mass is 15.2. The van der Waals surface area contributed by atoms with Crippen LogP contribution in [-0.2, 0) is 0 Å². The lowest BCUT2D eigenvalue weighted by Gasteiger charge is -2.43. The normalized spacial score (nSPS) is 23.7. The summed E-state index contributed by atoms with van der Waals surface area (Å²) in [6.45, 7) is 0. The van der Waals surface area contributed by atoms with Crippen LogP contribution >= 0.6 is 0 Å². The van der Waals surface area contributed by atoms with Gasteiger partial charge < -0.3 is 0 Å². The Bertz CT molecular complexity index is 884. The third-order valence-electron chi connectivity index (χ3n) is 5.41. The van der Waals surface area contributed by atoms with Crippen LogP contribution in [0.25, 0.3) is 0 Å². The lowest BCUT2D eigenvalue weighted by Crippen LogP contribution is -2.50.